The zero-order valence-corrected chi connectivity index (χ0v) is 11.9. The lowest BCUT2D eigenvalue weighted by Gasteiger charge is -2.37. The molecule has 1 aliphatic carbocycles. The predicted octanol–water partition coefficient (Wildman–Crippen LogP) is 3.83. The molecule has 1 fully saturated rings. The fourth-order valence-electron chi connectivity index (χ4n) is 2.65. The first-order chi connectivity index (χ1) is 7.95. The largest absolute Gasteiger partial charge is 0.381 e. The SMILES string of the molecule is CCCOCCC1CC(C(C)(C)C)CCC1=O. The molecule has 0 spiro atoms. The summed E-state index contributed by atoms with van der Waals surface area (Å²) in [5.41, 5.74) is 0.337. The van der Waals surface area contributed by atoms with E-state index >= 15 is 0 Å². The van der Waals surface area contributed by atoms with Crippen molar-refractivity contribution in [3.05, 3.63) is 0 Å². The first-order valence-corrected chi connectivity index (χ1v) is 7.05. The molecule has 2 nitrogen and oxygen atoms in total. The average Bonchev–Trinajstić information content (AvgIpc) is 2.25. The van der Waals surface area contributed by atoms with Crippen molar-refractivity contribution < 1.29 is 9.53 Å². The van der Waals surface area contributed by atoms with Crippen molar-refractivity contribution in [3.63, 3.8) is 0 Å². The highest BCUT2D eigenvalue weighted by Crippen LogP contribution is 2.39. The Morgan fingerprint density at radius 1 is 1.29 bits per heavy atom. The highest BCUT2D eigenvalue weighted by molar-refractivity contribution is 5.81. The van der Waals surface area contributed by atoms with Gasteiger partial charge in [-0.2, -0.15) is 0 Å². The first-order valence-electron chi connectivity index (χ1n) is 7.05. The van der Waals surface area contributed by atoms with E-state index in [1.54, 1.807) is 0 Å². The summed E-state index contributed by atoms with van der Waals surface area (Å²) in [7, 11) is 0. The molecule has 1 rings (SSSR count). The van der Waals surface area contributed by atoms with Crippen LogP contribution >= 0.6 is 0 Å². The van der Waals surface area contributed by atoms with Gasteiger partial charge in [-0.05, 0) is 37.0 Å². The van der Waals surface area contributed by atoms with Gasteiger partial charge in [0.15, 0.2) is 0 Å². The maximum atomic E-state index is 11.9. The van der Waals surface area contributed by atoms with Gasteiger partial charge in [0, 0.05) is 25.6 Å². The minimum Gasteiger partial charge on any atom is -0.381 e. The van der Waals surface area contributed by atoms with Crippen LogP contribution in [0.25, 0.3) is 0 Å². The van der Waals surface area contributed by atoms with Crippen molar-refractivity contribution in [3.8, 4) is 0 Å². The van der Waals surface area contributed by atoms with Gasteiger partial charge in [-0.1, -0.05) is 27.7 Å². The first kappa shape index (κ1) is 14.7. The molecule has 17 heavy (non-hydrogen) atoms. The molecule has 2 unspecified atom stereocenters. The third kappa shape index (κ3) is 4.79. The standard InChI is InChI=1S/C15H28O2/c1-5-9-17-10-8-12-11-13(15(2,3)4)6-7-14(12)16/h12-13H,5-11H2,1-4H3. The highest BCUT2D eigenvalue weighted by Gasteiger charge is 2.34. The van der Waals surface area contributed by atoms with Crippen LogP contribution in [-0.4, -0.2) is 19.0 Å². The van der Waals surface area contributed by atoms with Gasteiger partial charge in [-0.25, -0.2) is 0 Å². The molecule has 0 saturated heterocycles. The minimum atomic E-state index is 0.254. The molecular weight excluding hydrogens is 212 g/mol. The normalized spacial score (nSPS) is 26.2. The molecule has 1 aliphatic rings. The highest BCUT2D eigenvalue weighted by atomic mass is 16.5. The molecule has 0 aromatic carbocycles. The van der Waals surface area contributed by atoms with E-state index in [1.165, 1.54) is 0 Å². The van der Waals surface area contributed by atoms with E-state index in [4.69, 9.17) is 4.74 Å². The number of carbonyl (C=O) groups excluding carboxylic acids is 1. The number of ketones is 1. The quantitative estimate of drug-likeness (QED) is 0.683. The number of ether oxygens (including phenoxy) is 1. The smallest absolute Gasteiger partial charge is 0.136 e. The van der Waals surface area contributed by atoms with Crippen molar-refractivity contribution in [2.75, 3.05) is 13.2 Å². The second-order valence-electron chi connectivity index (χ2n) is 6.40. The van der Waals surface area contributed by atoms with Gasteiger partial charge >= 0.3 is 0 Å². The Bertz CT molecular complexity index is 240. The van der Waals surface area contributed by atoms with Crippen LogP contribution in [0, 0.1) is 17.3 Å². The Kier molecular flexibility index (Phi) is 5.64. The molecule has 0 aromatic rings. The molecule has 0 heterocycles. The third-order valence-corrected chi connectivity index (χ3v) is 3.95. The number of rotatable bonds is 5. The van der Waals surface area contributed by atoms with Crippen LogP contribution in [0.15, 0.2) is 0 Å². The van der Waals surface area contributed by atoms with Gasteiger partial charge in [-0.3, -0.25) is 4.79 Å². The monoisotopic (exact) mass is 240 g/mol. The molecule has 2 atom stereocenters. The summed E-state index contributed by atoms with van der Waals surface area (Å²) in [6, 6.07) is 0. The summed E-state index contributed by atoms with van der Waals surface area (Å²) in [5.74, 6) is 1.41. The van der Waals surface area contributed by atoms with Crippen molar-refractivity contribution in [2.24, 2.45) is 17.3 Å². The van der Waals surface area contributed by atoms with E-state index in [2.05, 4.69) is 27.7 Å². The molecule has 0 aliphatic heterocycles. The van der Waals surface area contributed by atoms with E-state index in [0.29, 0.717) is 17.1 Å². The van der Waals surface area contributed by atoms with E-state index in [0.717, 1.165) is 45.3 Å². The second kappa shape index (κ2) is 6.53. The number of hydrogen-bond acceptors (Lipinski definition) is 2. The van der Waals surface area contributed by atoms with Gasteiger partial charge in [0.2, 0.25) is 0 Å². The van der Waals surface area contributed by atoms with Crippen LogP contribution in [0.3, 0.4) is 0 Å². The van der Waals surface area contributed by atoms with Crippen molar-refractivity contribution in [1.82, 2.24) is 0 Å². The maximum Gasteiger partial charge on any atom is 0.136 e. The third-order valence-electron chi connectivity index (χ3n) is 3.95. The van der Waals surface area contributed by atoms with E-state index in [-0.39, 0.29) is 5.92 Å². The molecule has 1 saturated carbocycles. The Labute approximate surface area is 106 Å². The summed E-state index contributed by atoms with van der Waals surface area (Å²) in [6.07, 6.45) is 4.90. The lowest BCUT2D eigenvalue weighted by atomic mass is 9.68. The van der Waals surface area contributed by atoms with Crippen molar-refractivity contribution >= 4 is 5.78 Å². The lowest BCUT2D eigenvalue weighted by Crippen LogP contribution is -2.32. The Morgan fingerprint density at radius 2 is 2.00 bits per heavy atom. The number of Topliss-reactive ketones (excluding diaryl/α,β-unsaturated/α-hetero) is 1. The zero-order valence-electron chi connectivity index (χ0n) is 11.9. The molecule has 0 aromatic heterocycles. The molecule has 2 heteroatoms. The predicted molar refractivity (Wildman–Crippen MR) is 71.0 cm³/mol. The van der Waals surface area contributed by atoms with Gasteiger partial charge in [0.05, 0.1) is 0 Å². The van der Waals surface area contributed by atoms with Crippen LogP contribution in [0.1, 0.15) is 59.8 Å². The van der Waals surface area contributed by atoms with Crippen molar-refractivity contribution in [2.45, 2.75) is 59.8 Å². The molecular formula is C15H28O2. The van der Waals surface area contributed by atoms with Gasteiger partial charge in [0.1, 0.15) is 5.78 Å². The minimum absolute atomic E-state index is 0.254. The maximum absolute atomic E-state index is 11.9. The molecule has 0 amide bonds. The Morgan fingerprint density at radius 3 is 2.59 bits per heavy atom. The van der Waals surface area contributed by atoms with Crippen LogP contribution in [0.2, 0.25) is 0 Å². The Hall–Kier alpha value is -0.370. The summed E-state index contributed by atoms with van der Waals surface area (Å²) in [4.78, 5) is 11.9. The average molecular weight is 240 g/mol. The van der Waals surface area contributed by atoms with Crippen molar-refractivity contribution in [1.29, 1.82) is 0 Å². The molecule has 0 N–H and O–H groups in total. The topological polar surface area (TPSA) is 26.3 Å². The zero-order chi connectivity index (χ0) is 12.9. The molecule has 100 valence electrons. The van der Waals surface area contributed by atoms with Crippen LogP contribution in [-0.2, 0) is 9.53 Å². The molecule has 0 bridgehead atoms. The van der Waals surface area contributed by atoms with Gasteiger partial charge in [-0.15, -0.1) is 0 Å². The number of hydrogen-bond donors (Lipinski definition) is 0. The van der Waals surface area contributed by atoms with E-state index in [1.807, 2.05) is 0 Å². The summed E-state index contributed by atoms with van der Waals surface area (Å²) >= 11 is 0. The van der Waals surface area contributed by atoms with Gasteiger partial charge in [0.25, 0.3) is 0 Å². The van der Waals surface area contributed by atoms with Crippen LogP contribution < -0.4 is 0 Å². The summed E-state index contributed by atoms with van der Waals surface area (Å²) in [5, 5.41) is 0. The summed E-state index contributed by atoms with van der Waals surface area (Å²) < 4.78 is 5.50. The fraction of sp³-hybridized carbons (Fsp3) is 0.933. The van der Waals surface area contributed by atoms with Gasteiger partial charge < -0.3 is 4.74 Å². The molecule has 0 radical (unpaired) electrons. The van der Waals surface area contributed by atoms with E-state index < -0.39 is 0 Å². The lowest BCUT2D eigenvalue weighted by molar-refractivity contribution is -0.127. The number of carbonyl (C=O) groups is 1. The Balaban J connectivity index is 2.38. The second-order valence-corrected chi connectivity index (χ2v) is 6.40. The van der Waals surface area contributed by atoms with E-state index in [9.17, 15) is 4.79 Å². The van der Waals surface area contributed by atoms with Crippen LogP contribution in [0.4, 0.5) is 0 Å². The summed E-state index contributed by atoms with van der Waals surface area (Å²) in [6.45, 7) is 10.6. The van der Waals surface area contributed by atoms with Crippen LogP contribution in [0.5, 0.6) is 0 Å². The fourth-order valence-corrected chi connectivity index (χ4v) is 2.65.